The van der Waals surface area contributed by atoms with E-state index in [2.05, 4.69) is 0 Å². The zero-order valence-corrected chi connectivity index (χ0v) is 12.0. The molecule has 1 aromatic carbocycles. The average molecular weight is 279 g/mol. The van der Waals surface area contributed by atoms with Crippen LogP contribution in [0.25, 0.3) is 0 Å². The second kappa shape index (κ2) is 8.96. The summed E-state index contributed by atoms with van der Waals surface area (Å²) in [7, 11) is 0. The molecule has 1 rings (SSSR count). The first-order valence-corrected chi connectivity index (χ1v) is 6.78. The van der Waals surface area contributed by atoms with E-state index in [1.807, 2.05) is 25.1 Å². The lowest BCUT2D eigenvalue weighted by atomic mass is 10.3. The predicted octanol–water partition coefficient (Wildman–Crippen LogP) is 1.87. The van der Waals surface area contributed by atoms with Crippen LogP contribution in [0.4, 0.5) is 0 Å². The summed E-state index contributed by atoms with van der Waals surface area (Å²) in [6.07, 6.45) is 0.774. The number of benzene rings is 1. The van der Waals surface area contributed by atoms with Gasteiger partial charge in [-0.2, -0.15) is 0 Å². The fraction of sp³-hybridized carbons (Fsp3) is 0.467. The van der Waals surface area contributed by atoms with Crippen molar-refractivity contribution in [2.75, 3.05) is 26.3 Å². The summed E-state index contributed by atoms with van der Waals surface area (Å²) in [5.41, 5.74) is 0. The first-order valence-electron chi connectivity index (χ1n) is 6.78. The monoisotopic (exact) mass is 279 g/mol. The molecule has 0 heterocycles. The summed E-state index contributed by atoms with van der Waals surface area (Å²) in [5.74, 6) is 0.0196. The molecule has 0 saturated heterocycles. The highest BCUT2D eigenvalue weighted by molar-refractivity contribution is 5.83. The molecule has 0 spiro atoms. The minimum absolute atomic E-state index is 0.0291. The van der Waals surface area contributed by atoms with Crippen LogP contribution in [0, 0.1) is 0 Å². The van der Waals surface area contributed by atoms with Crippen molar-refractivity contribution < 1.29 is 19.1 Å². The Morgan fingerprint density at radius 2 is 1.85 bits per heavy atom. The zero-order valence-electron chi connectivity index (χ0n) is 12.0. The fourth-order valence-corrected chi connectivity index (χ4v) is 1.68. The molecule has 0 atom stereocenters. The standard InChI is InChI=1S/C15H21NO4/c1-3-10-16(11-15(18)19-4-2)14(17)12-20-13-8-6-5-7-9-13/h5-9H,3-4,10-12H2,1-2H3. The van der Waals surface area contributed by atoms with E-state index in [0.29, 0.717) is 18.9 Å². The van der Waals surface area contributed by atoms with Gasteiger partial charge in [0.2, 0.25) is 0 Å². The van der Waals surface area contributed by atoms with E-state index in [9.17, 15) is 9.59 Å². The molecule has 0 radical (unpaired) electrons. The molecule has 0 unspecified atom stereocenters. The van der Waals surface area contributed by atoms with Gasteiger partial charge in [0.1, 0.15) is 12.3 Å². The minimum atomic E-state index is -0.394. The smallest absolute Gasteiger partial charge is 0.325 e. The van der Waals surface area contributed by atoms with Gasteiger partial charge in [0.05, 0.1) is 6.61 Å². The lowest BCUT2D eigenvalue weighted by Crippen LogP contribution is -2.39. The summed E-state index contributed by atoms with van der Waals surface area (Å²) in [6.45, 7) is 4.40. The Labute approximate surface area is 119 Å². The van der Waals surface area contributed by atoms with Gasteiger partial charge in [-0.1, -0.05) is 25.1 Å². The number of hydrogen-bond acceptors (Lipinski definition) is 4. The number of ether oxygens (including phenoxy) is 2. The Balaban J connectivity index is 2.49. The second-order valence-electron chi connectivity index (χ2n) is 4.22. The van der Waals surface area contributed by atoms with Gasteiger partial charge >= 0.3 is 5.97 Å². The molecule has 0 saturated carbocycles. The van der Waals surface area contributed by atoms with Crippen molar-refractivity contribution in [3.63, 3.8) is 0 Å². The molecular weight excluding hydrogens is 258 g/mol. The van der Waals surface area contributed by atoms with E-state index in [4.69, 9.17) is 9.47 Å². The van der Waals surface area contributed by atoms with Crippen molar-refractivity contribution in [1.82, 2.24) is 4.90 Å². The van der Waals surface area contributed by atoms with Crippen LogP contribution in [0.2, 0.25) is 0 Å². The van der Waals surface area contributed by atoms with Gasteiger partial charge in [-0.15, -0.1) is 0 Å². The fourth-order valence-electron chi connectivity index (χ4n) is 1.68. The Morgan fingerprint density at radius 3 is 2.45 bits per heavy atom. The topological polar surface area (TPSA) is 55.8 Å². The van der Waals surface area contributed by atoms with Crippen molar-refractivity contribution in [2.45, 2.75) is 20.3 Å². The Kier molecular flexibility index (Phi) is 7.17. The highest BCUT2D eigenvalue weighted by atomic mass is 16.5. The zero-order chi connectivity index (χ0) is 14.8. The molecule has 0 bridgehead atoms. The Hall–Kier alpha value is -2.04. The molecule has 20 heavy (non-hydrogen) atoms. The SMILES string of the molecule is CCCN(CC(=O)OCC)C(=O)COc1ccccc1. The van der Waals surface area contributed by atoms with Crippen LogP contribution >= 0.6 is 0 Å². The van der Waals surface area contributed by atoms with E-state index in [-0.39, 0.29) is 19.1 Å². The third kappa shape index (κ3) is 5.73. The lowest BCUT2D eigenvalue weighted by Gasteiger charge is -2.21. The maximum Gasteiger partial charge on any atom is 0.325 e. The van der Waals surface area contributed by atoms with E-state index in [1.165, 1.54) is 4.90 Å². The van der Waals surface area contributed by atoms with Gasteiger partial charge < -0.3 is 14.4 Å². The molecule has 0 aliphatic carbocycles. The minimum Gasteiger partial charge on any atom is -0.484 e. The summed E-state index contributed by atoms with van der Waals surface area (Å²) in [5, 5.41) is 0. The Morgan fingerprint density at radius 1 is 1.15 bits per heavy atom. The summed E-state index contributed by atoms with van der Waals surface area (Å²) >= 11 is 0. The quantitative estimate of drug-likeness (QED) is 0.682. The van der Waals surface area contributed by atoms with Crippen LogP contribution in [0.1, 0.15) is 20.3 Å². The normalized spacial score (nSPS) is 9.90. The van der Waals surface area contributed by atoms with E-state index < -0.39 is 5.97 Å². The molecule has 5 nitrogen and oxygen atoms in total. The lowest BCUT2D eigenvalue weighted by molar-refractivity contribution is -0.149. The summed E-state index contributed by atoms with van der Waals surface area (Å²) < 4.78 is 10.3. The van der Waals surface area contributed by atoms with E-state index in [0.717, 1.165) is 6.42 Å². The van der Waals surface area contributed by atoms with Gasteiger partial charge in [0.15, 0.2) is 6.61 Å². The van der Waals surface area contributed by atoms with Crippen LogP contribution < -0.4 is 4.74 Å². The molecule has 0 aromatic heterocycles. The van der Waals surface area contributed by atoms with Crippen molar-refractivity contribution >= 4 is 11.9 Å². The number of amides is 1. The third-order valence-electron chi connectivity index (χ3n) is 2.58. The molecule has 0 aliphatic rings. The Bertz CT molecular complexity index is 419. The van der Waals surface area contributed by atoms with Crippen LogP contribution in [-0.2, 0) is 14.3 Å². The largest absolute Gasteiger partial charge is 0.484 e. The van der Waals surface area contributed by atoms with Gasteiger partial charge in [-0.3, -0.25) is 9.59 Å². The summed E-state index contributed by atoms with van der Waals surface area (Å²) in [6, 6.07) is 9.11. The first-order chi connectivity index (χ1) is 9.67. The van der Waals surface area contributed by atoms with Gasteiger partial charge in [-0.25, -0.2) is 0 Å². The molecule has 110 valence electrons. The van der Waals surface area contributed by atoms with Crippen LogP contribution in [-0.4, -0.2) is 43.1 Å². The average Bonchev–Trinajstić information content (AvgIpc) is 2.45. The molecule has 1 aromatic rings. The van der Waals surface area contributed by atoms with Crippen molar-refractivity contribution in [3.05, 3.63) is 30.3 Å². The van der Waals surface area contributed by atoms with E-state index >= 15 is 0 Å². The number of nitrogens with zero attached hydrogens (tertiary/aromatic N) is 1. The van der Waals surface area contributed by atoms with Crippen molar-refractivity contribution in [2.24, 2.45) is 0 Å². The molecule has 1 amide bonds. The number of rotatable bonds is 8. The molecule has 0 N–H and O–H groups in total. The molecule has 0 fully saturated rings. The van der Waals surface area contributed by atoms with Crippen molar-refractivity contribution in [3.8, 4) is 5.75 Å². The molecule has 5 heteroatoms. The van der Waals surface area contributed by atoms with E-state index in [1.54, 1.807) is 19.1 Å². The third-order valence-corrected chi connectivity index (χ3v) is 2.58. The maximum absolute atomic E-state index is 12.0. The summed E-state index contributed by atoms with van der Waals surface area (Å²) in [4.78, 5) is 24.9. The number of hydrogen-bond donors (Lipinski definition) is 0. The van der Waals surface area contributed by atoms with Crippen LogP contribution in [0.5, 0.6) is 5.75 Å². The van der Waals surface area contributed by atoms with Gasteiger partial charge in [-0.05, 0) is 25.5 Å². The highest BCUT2D eigenvalue weighted by Crippen LogP contribution is 2.08. The molecular formula is C15H21NO4. The second-order valence-corrected chi connectivity index (χ2v) is 4.22. The van der Waals surface area contributed by atoms with Crippen LogP contribution in [0.3, 0.4) is 0 Å². The number of esters is 1. The number of para-hydroxylation sites is 1. The number of carbonyl (C=O) groups is 2. The van der Waals surface area contributed by atoms with Crippen LogP contribution in [0.15, 0.2) is 30.3 Å². The number of carbonyl (C=O) groups excluding carboxylic acids is 2. The highest BCUT2D eigenvalue weighted by Gasteiger charge is 2.17. The van der Waals surface area contributed by atoms with Gasteiger partial charge in [0, 0.05) is 6.54 Å². The van der Waals surface area contributed by atoms with Gasteiger partial charge in [0.25, 0.3) is 5.91 Å². The maximum atomic E-state index is 12.0. The predicted molar refractivity (Wildman–Crippen MR) is 75.4 cm³/mol. The van der Waals surface area contributed by atoms with Crippen molar-refractivity contribution in [1.29, 1.82) is 0 Å². The molecule has 0 aliphatic heterocycles. The first kappa shape index (κ1) is 16.0.